The Hall–Kier alpha value is -0.780. The largest absolute Gasteiger partial charge is 0.0649 e. The lowest BCUT2D eigenvalue weighted by molar-refractivity contribution is 0.165. The first kappa shape index (κ1) is 11.7. The Kier molecular flexibility index (Phi) is 4.04. The van der Waals surface area contributed by atoms with Crippen LogP contribution in [0.2, 0.25) is 0 Å². The molecule has 0 heterocycles. The van der Waals surface area contributed by atoms with E-state index in [0.29, 0.717) is 5.41 Å². The number of hydrogen-bond donors (Lipinski definition) is 0. The molecule has 0 radical (unpaired) electrons. The minimum Gasteiger partial charge on any atom is -0.0649 e. The molecule has 88 valence electrons. The molecule has 1 aliphatic rings. The normalized spacial score (nSPS) is 19.6. The van der Waals surface area contributed by atoms with Crippen LogP contribution in [0.5, 0.6) is 0 Å². The molecule has 1 aromatic rings. The molecular formula is C16H24. The maximum atomic E-state index is 2.39. The van der Waals surface area contributed by atoms with Crippen molar-refractivity contribution in [3.05, 3.63) is 35.9 Å². The van der Waals surface area contributed by atoms with Crippen molar-refractivity contribution in [2.45, 2.75) is 58.3 Å². The minimum atomic E-state index is 0.675. The van der Waals surface area contributed by atoms with E-state index in [2.05, 4.69) is 37.3 Å². The van der Waals surface area contributed by atoms with Crippen molar-refractivity contribution >= 4 is 0 Å². The number of rotatable bonds is 4. The van der Waals surface area contributed by atoms with Gasteiger partial charge in [-0.25, -0.2) is 0 Å². The Labute approximate surface area is 100 Å². The summed E-state index contributed by atoms with van der Waals surface area (Å²) in [6.07, 6.45) is 11.4. The summed E-state index contributed by atoms with van der Waals surface area (Å²) in [5.74, 6) is 0. The Morgan fingerprint density at radius 1 is 1.00 bits per heavy atom. The Morgan fingerprint density at radius 2 is 1.69 bits per heavy atom. The second kappa shape index (κ2) is 5.52. The summed E-state index contributed by atoms with van der Waals surface area (Å²) in [5.41, 5.74) is 2.19. The number of aryl methyl sites for hydroxylation is 1. The van der Waals surface area contributed by atoms with E-state index in [4.69, 9.17) is 0 Å². The van der Waals surface area contributed by atoms with Crippen LogP contribution in [0.1, 0.15) is 57.4 Å². The van der Waals surface area contributed by atoms with Gasteiger partial charge in [-0.3, -0.25) is 0 Å². The molecule has 0 atom stereocenters. The van der Waals surface area contributed by atoms with E-state index in [0.717, 1.165) is 0 Å². The molecule has 1 saturated carbocycles. The van der Waals surface area contributed by atoms with Crippen molar-refractivity contribution in [2.75, 3.05) is 0 Å². The zero-order chi connectivity index (χ0) is 11.3. The minimum absolute atomic E-state index is 0.675. The third-order valence-corrected chi connectivity index (χ3v) is 4.45. The molecule has 0 spiro atoms. The summed E-state index contributed by atoms with van der Waals surface area (Å²) < 4.78 is 0. The van der Waals surface area contributed by atoms with Gasteiger partial charge in [-0.2, -0.15) is 0 Å². The van der Waals surface area contributed by atoms with Crippen molar-refractivity contribution in [1.29, 1.82) is 0 Å². The van der Waals surface area contributed by atoms with Gasteiger partial charge in [0, 0.05) is 0 Å². The highest BCUT2D eigenvalue weighted by Gasteiger charge is 2.29. The summed E-state index contributed by atoms with van der Waals surface area (Å²) in [4.78, 5) is 0. The molecule has 2 rings (SSSR count). The molecular weight excluding hydrogens is 192 g/mol. The second-order valence-corrected chi connectivity index (χ2v) is 5.40. The van der Waals surface area contributed by atoms with Gasteiger partial charge in [0.2, 0.25) is 0 Å². The van der Waals surface area contributed by atoms with Crippen molar-refractivity contribution in [2.24, 2.45) is 5.41 Å². The smallest absolute Gasteiger partial charge is 0.0274 e. The van der Waals surface area contributed by atoms with Crippen molar-refractivity contribution < 1.29 is 0 Å². The molecule has 0 unspecified atom stereocenters. The first-order valence-electron chi connectivity index (χ1n) is 6.89. The highest BCUT2D eigenvalue weighted by molar-refractivity contribution is 5.15. The van der Waals surface area contributed by atoms with Gasteiger partial charge in [0.25, 0.3) is 0 Å². The average molecular weight is 216 g/mol. The van der Waals surface area contributed by atoms with Crippen LogP contribution in [-0.4, -0.2) is 0 Å². The van der Waals surface area contributed by atoms with Gasteiger partial charge >= 0.3 is 0 Å². The summed E-state index contributed by atoms with van der Waals surface area (Å²) in [5, 5.41) is 0. The average Bonchev–Trinajstić information content (AvgIpc) is 2.39. The van der Waals surface area contributed by atoms with Crippen LogP contribution in [0.25, 0.3) is 0 Å². The summed E-state index contributed by atoms with van der Waals surface area (Å²) in [7, 11) is 0. The van der Waals surface area contributed by atoms with Gasteiger partial charge in [-0.1, -0.05) is 62.9 Å². The molecule has 0 saturated heterocycles. The molecule has 0 heteroatoms. The van der Waals surface area contributed by atoms with E-state index in [1.54, 1.807) is 0 Å². The predicted molar refractivity (Wildman–Crippen MR) is 70.6 cm³/mol. The highest BCUT2D eigenvalue weighted by Crippen LogP contribution is 2.42. The molecule has 0 aliphatic heterocycles. The Bertz CT molecular complexity index is 293. The Morgan fingerprint density at radius 3 is 2.31 bits per heavy atom. The zero-order valence-electron chi connectivity index (χ0n) is 10.5. The topological polar surface area (TPSA) is 0 Å². The summed E-state index contributed by atoms with van der Waals surface area (Å²) in [6.45, 7) is 2.39. The zero-order valence-corrected chi connectivity index (χ0v) is 10.5. The third-order valence-electron chi connectivity index (χ3n) is 4.45. The molecule has 1 aromatic carbocycles. The van der Waals surface area contributed by atoms with Gasteiger partial charge in [-0.15, -0.1) is 0 Å². The van der Waals surface area contributed by atoms with E-state index in [9.17, 15) is 0 Å². The van der Waals surface area contributed by atoms with Crippen molar-refractivity contribution in [3.63, 3.8) is 0 Å². The molecule has 1 aliphatic carbocycles. The van der Waals surface area contributed by atoms with Crippen LogP contribution in [0, 0.1) is 5.41 Å². The standard InChI is InChI=1S/C16H24/c1-2-16(12-7-4-8-13-16)14-11-15-9-5-3-6-10-15/h3,5-6,9-10H,2,4,7-8,11-14H2,1H3. The van der Waals surface area contributed by atoms with Gasteiger partial charge in [0.05, 0.1) is 0 Å². The number of hydrogen-bond acceptors (Lipinski definition) is 0. The molecule has 0 amide bonds. The van der Waals surface area contributed by atoms with Gasteiger partial charge in [-0.05, 0) is 36.7 Å². The second-order valence-electron chi connectivity index (χ2n) is 5.40. The van der Waals surface area contributed by atoms with Crippen LogP contribution in [-0.2, 0) is 6.42 Å². The summed E-state index contributed by atoms with van der Waals surface area (Å²) in [6, 6.07) is 11.0. The maximum absolute atomic E-state index is 2.39. The van der Waals surface area contributed by atoms with E-state index >= 15 is 0 Å². The fourth-order valence-corrected chi connectivity index (χ4v) is 3.14. The lowest BCUT2D eigenvalue weighted by Crippen LogP contribution is -2.23. The first-order valence-corrected chi connectivity index (χ1v) is 6.89. The van der Waals surface area contributed by atoms with E-state index in [-0.39, 0.29) is 0 Å². The summed E-state index contributed by atoms with van der Waals surface area (Å²) >= 11 is 0. The van der Waals surface area contributed by atoms with Crippen LogP contribution < -0.4 is 0 Å². The Balaban J connectivity index is 1.92. The highest BCUT2D eigenvalue weighted by atomic mass is 14.3. The molecule has 0 nitrogen and oxygen atoms in total. The molecule has 16 heavy (non-hydrogen) atoms. The van der Waals surface area contributed by atoms with Gasteiger partial charge in [0.1, 0.15) is 0 Å². The van der Waals surface area contributed by atoms with Crippen LogP contribution in [0.15, 0.2) is 30.3 Å². The lowest BCUT2D eigenvalue weighted by Gasteiger charge is -2.36. The number of benzene rings is 1. The van der Waals surface area contributed by atoms with Crippen LogP contribution >= 0.6 is 0 Å². The van der Waals surface area contributed by atoms with E-state index in [1.807, 2.05) is 0 Å². The fraction of sp³-hybridized carbons (Fsp3) is 0.625. The molecule has 0 aromatic heterocycles. The van der Waals surface area contributed by atoms with E-state index in [1.165, 1.54) is 56.9 Å². The van der Waals surface area contributed by atoms with Gasteiger partial charge in [0.15, 0.2) is 0 Å². The SMILES string of the molecule is CCC1(CCc2ccccc2)CCCCC1. The van der Waals surface area contributed by atoms with Crippen LogP contribution in [0.3, 0.4) is 0 Å². The van der Waals surface area contributed by atoms with Crippen molar-refractivity contribution in [1.82, 2.24) is 0 Å². The monoisotopic (exact) mass is 216 g/mol. The quantitative estimate of drug-likeness (QED) is 0.666. The maximum Gasteiger partial charge on any atom is -0.0274 e. The molecule has 1 fully saturated rings. The fourth-order valence-electron chi connectivity index (χ4n) is 3.14. The van der Waals surface area contributed by atoms with Gasteiger partial charge < -0.3 is 0 Å². The predicted octanol–water partition coefficient (Wildman–Crippen LogP) is 4.98. The molecule has 0 N–H and O–H groups in total. The first-order chi connectivity index (χ1) is 7.85. The lowest BCUT2D eigenvalue weighted by atomic mass is 9.69. The molecule has 0 bridgehead atoms. The van der Waals surface area contributed by atoms with E-state index < -0.39 is 0 Å². The van der Waals surface area contributed by atoms with Crippen LogP contribution in [0.4, 0.5) is 0 Å². The van der Waals surface area contributed by atoms with Crippen molar-refractivity contribution in [3.8, 4) is 0 Å². The third kappa shape index (κ3) is 2.87.